The lowest BCUT2D eigenvalue weighted by molar-refractivity contribution is 0.0288. The second-order valence-electron chi connectivity index (χ2n) is 7.64. The van der Waals surface area contributed by atoms with E-state index in [9.17, 15) is 4.39 Å². The largest absolute Gasteiger partial charge is 0.385 e. The summed E-state index contributed by atoms with van der Waals surface area (Å²) in [6.45, 7) is 6.31. The summed E-state index contributed by atoms with van der Waals surface area (Å²) in [5.74, 6) is 0.0346. The predicted octanol–water partition coefficient (Wildman–Crippen LogP) is 4.13. The molecule has 1 atom stereocenters. The highest BCUT2D eigenvalue weighted by Gasteiger charge is 2.25. The third-order valence-electron chi connectivity index (χ3n) is 5.41. The van der Waals surface area contributed by atoms with Gasteiger partial charge in [0.1, 0.15) is 17.0 Å². The number of fused-ring (bicyclic) bond motifs is 1. The van der Waals surface area contributed by atoms with Crippen molar-refractivity contribution in [2.75, 3.05) is 38.3 Å². The minimum absolute atomic E-state index is 0.0600. The van der Waals surface area contributed by atoms with Gasteiger partial charge in [0.2, 0.25) is 5.95 Å². The first kappa shape index (κ1) is 21.8. The molecule has 0 bridgehead atoms. The maximum absolute atomic E-state index is 14.8. The summed E-state index contributed by atoms with van der Waals surface area (Å²) in [6, 6.07) is 4.54. The monoisotopic (exact) mass is 445 g/mol. The molecule has 1 fully saturated rings. The van der Waals surface area contributed by atoms with Crippen molar-refractivity contribution < 1.29 is 13.9 Å². The summed E-state index contributed by atoms with van der Waals surface area (Å²) >= 11 is 5.96. The minimum Gasteiger partial charge on any atom is -0.385 e. The number of hydrogen-bond donors (Lipinski definition) is 0. The first-order valence-corrected chi connectivity index (χ1v) is 10.7. The minimum atomic E-state index is -0.460. The van der Waals surface area contributed by atoms with Crippen molar-refractivity contribution in [1.29, 1.82) is 0 Å². The average Bonchev–Trinajstić information content (AvgIpc) is 2.75. The van der Waals surface area contributed by atoms with Crippen LogP contribution in [0.4, 0.5) is 10.3 Å². The summed E-state index contributed by atoms with van der Waals surface area (Å²) in [5, 5.41) is 0.324. The molecule has 164 valence electrons. The Morgan fingerprint density at radius 3 is 2.77 bits per heavy atom. The fourth-order valence-electron chi connectivity index (χ4n) is 3.64. The van der Waals surface area contributed by atoms with Gasteiger partial charge in [-0.15, -0.1) is 0 Å². The van der Waals surface area contributed by atoms with Crippen molar-refractivity contribution in [3.63, 3.8) is 0 Å². The fourth-order valence-corrected chi connectivity index (χ4v) is 3.80. The van der Waals surface area contributed by atoms with E-state index in [1.807, 2.05) is 13.8 Å². The number of rotatable bonds is 6. The molecule has 0 aliphatic carbocycles. The molecule has 7 nitrogen and oxygen atoms in total. The first-order chi connectivity index (χ1) is 15.0. The third kappa shape index (κ3) is 4.76. The van der Waals surface area contributed by atoms with Crippen LogP contribution in [0.25, 0.3) is 22.4 Å². The van der Waals surface area contributed by atoms with Crippen LogP contribution in [-0.2, 0) is 9.47 Å². The van der Waals surface area contributed by atoms with Gasteiger partial charge < -0.3 is 14.4 Å². The zero-order valence-electron chi connectivity index (χ0n) is 17.9. The second kappa shape index (κ2) is 9.38. The molecule has 0 N–H and O–H groups in total. The molecule has 1 aliphatic rings. The van der Waals surface area contributed by atoms with Crippen LogP contribution in [0.1, 0.15) is 24.2 Å². The number of morpholine rings is 1. The third-order valence-corrected chi connectivity index (χ3v) is 5.65. The summed E-state index contributed by atoms with van der Waals surface area (Å²) in [7, 11) is 1.69. The number of anilines is 1. The Balaban J connectivity index is 1.77. The number of aryl methyl sites for hydroxylation is 2. The molecule has 9 heteroatoms. The standard InChI is InChI=1S/C22H25ClFN5O2/c1-13-14(2)26-21-20(25-13)19(17-7-6-15(23)11-18(17)24)27-22(28-21)29-8-10-31-16(12-29)5-4-9-30-3/h6-7,11,16H,4-5,8-10,12H2,1-3H3/t16-/m1/s1. The number of aromatic nitrogens is 4. The zero-order chi connectivity index (χ0) is 22.0. The van der Waals surface area contributed by atoms with Gasteiger partial charge in [-0.3, -0.25) is 0 Å². The lowest BCUT2D eigenvalue weighted by Gasteiger charge is -2.33. The van der Waals surface area contributed by atoms with E-state index in [1.54, 1.807) is 19.2 Å². The SMILES string of the molecule is COCCC[C@@H]1CN(c2nc(-c3ccc(Cl)cc3F)c3nc(C)c(C)nc3n2)CCO1. The first-order valence-electron chi connectivity index (χ1n) is 10.3. The van der Waals surface area contributed by atoms with Gasteiger partial charge in [-0.1, -0.05) is 11.6 Å². The van der Waals surface area contributed by atoms with Crippen LogP contribution in [0.2, 0.25) is 5.02 Å². The molecule has 1 saturated heterocycles. The topological polar surface area (TPSA) is 73.3 Å². The van der Waals surface area contributed by atoms with Crippen LogP contribution < -0.4 is 4.90 Å². The van der Waals surface area contributed by atoms with Crippen molar-refractivity contribution >= 4 is 28.7 Å². The van der Waals surface area contributed by atoms with Gasteiger partial charge in [0.25, 0.3) is 0 Å². The number of halogens is 2. The fraction of sp³-hybridized carbons (Fsp3) is 0.455. The van der Waals surface area contributed by atoms with Crippen LogP contribution >= 0.6 is 11.6 Å². The Morgan fingerprint density at radius 1 is 1.19 bits per heavy atom. The Morgan fingerprint density at radius 2 is 2.00 bits per heavy atom. The number of methoxy groups -OCH3 is 1. The summed E-state index contributed by atoms with van der Waals surface area (Å²) in [4.78, 5) is 20.7. The Kier molecular flexibility index (Phi) is 6.60. The molecule has 0 spiro atoms. The van der Waals surface area contributed by atoms with Crippen molar-refractivity contribution in [2.45, 2.75) is 32.8 Å². The smallest absolute Gasteiger partial charge is 0.228 e. The summed E-state index contributed by atoms with van der Waals surface area (Å²) in [6.07, 6.45) is 1.86. The molecular formula is C22H25ClFN5O2. The van der Waals surface area contributed by atoms with Gasteiger partial charge in [-0.05, 0) is 44.9 Å². The average molecular weight is 446 g/mol. The van der Waals surface area contributed by atoms with Crippen molar-refractivity contribution in [3.05, 3.63) is 40.4 Å². The van der Waals surface area contributed by atoms with Crippen LogP contribution in [-0.4, -0.2) is 59.5 Å². The highest BCUT2D eigenvalue weighted by atomic mass is 35.5. The molecule has 1 aromatic carbocycles. The molecule has 4 rings (SSSR count). The van der Waals surface area contributed by atoms with Gasteiger partial charge in [0.05, 0.1) is 24.1 Å². The van der Waals surface area contributed by atoms with E-state index in [1.165, 1.54) is 6.07 Å². The van der Waals surface area contributed by atoms with Crippen LogP contribution in [0, 0.1) is 19.7 Å². The summed E-state index contributed by atoms with van der Waals surface area (Å²) < 4.78 is 25.8. The number of benzene rings is 1. The molecule has 0 amide bonds. The molecule has 3 heterocycles. The number of ether oxygens (including phenoxy) is 2. The van der Waals surface area contributed by atoms with Crippen LogP contribution in [0.5, 0.6) is 0 Å². The van der Waals surface area contributed by atoms with Gasteiger partial charge in [-0.2, -0.15) is 4.98 Å². The van der Waals surface area contributed by atoms with E-state index in [-0.39, 0.29) is 6.10 Å². The number of nitrogens with zero attached hydrogens (tertiary/aromatic N) is 5. The van der Waals surface area contributed by atoms with Crippen LogP contribution in [0.15, 0.2) is 18.2 Å². The molecule has 2 aromatic heterocycles. The molecule has 1 aliphatic heterocycles. The Bertz CT molecular complexity index is 1100. The van der Waals surface area contributed by atoms with Crippen molar-refractivity contribution in [3.8, 4) is 11.3 Å². The maximum Gasteiger partial charge on any atom is 0.228 e. The van der Waals surface area contributed by atoms with E-state index in [0.29, 0.717) is 59.7 Å². The van der Waals surface area contributed by atoms with Crippen molar-refractivity contribution in [2.24, 2.45) is 0 Å². The van der Waals surface area contributed by atoms with Gasteiger partial charge in [0.15, 0.2) is 5.65 Å². The molecule has 0 unspecified atom stereocenters. The van der Waals surface area contributed by atoms with Gasteiger partial charge in [0, 0.05) is 37.4 Å². The quantitative estimate of drug-likeness (QED) is 0.528. The van der Waals surface area contributed by atoms with E-state index in [0.717, 1.165) is 24.2 Å². The van der Waals surface area contributed by atoms with E-state index in [2.05, 4.69) is 19.9 Å². The highest BCUT2D eigenvalue weighted by molar-refractivity contribution is 6.30. The van der Waals surface area contributed by atoms with E-state index < -0.39 is 5.82 Å². The number of hydrogen-bond acceptors (Lipinski definition) is 7. The molecule has 3 aromatic rings. The van der Waals surface area contributed by atoms with Gasteiger partial charge in [-0.25, -0.2) is 19.3 Å². The van der Waals surface area contributed by atoms with E-state index in [4.69, 9.17) is 26.1 Å². The zero-order valence-corrected chi connectivity index (χ0v) is 18.6. The second-order valence-corrected chi connectivity index (χ2v) is 8.07. The maximum atomic E-state index is 14.8. The van der Waals surface area contributed by atoms with Gasteiger partial charge >= 0.3 is 0 Å². The molecular weight excluding hydrogens is 421 g/mol. The normalized spacial score (nSPS) is 16.8. The van der Waals surface area contributed by atoms with Crippen molar-refractivity contribution in [1.82, 2.24) is 19.9 Å². The van der Waals surface area contributed by atoms with Crippen LogP contribution in [0.3, 0.4) is 0 Å². The predicted molar refractivity (Wildman–Crippen MR) is 118 cm³/mol. The lowest BCUT2D eigenvalue weighted by atomic mass is 10.1. The Labute approximate surface area is 185 Å². The summed E-state index contributed by atoms with van der Waals surface area (Å²) in [5.41, 5.74) is 3.17. The molecule has 31 heavy (non-hydrogen) atoms. The Hall–Kier alpha value is -2.42. The lowest BCUT2D eigenvalue weighted by Crippen LogP contribution is -2.43. The molecule has 0 radical (unpaired) electrons. The highest BCUT2D eigenvalue weighted by Crippen LogP contribution is 2.31. The molecule has 0 saturated carbocycles. The van der Waals surface area contributed by atoms with E-state index >= 15 is 0 Å².